The fourth-order valence-electron chi connectivity index (χ4n) is 1.50. The molecular weight excluding hydrogens is 212 g/mol. The van der Waals surface area contributed by atoms with Crippen molar-refractivity contribution in [1.82, 2.24) is 10.2 Å². The Morgan fingerprint density at radius 3 is 2.53 bits per heavy atom. The van der Waals surface area contributed by atoms with Gasteiger partial charge in [0, 0.05) is 12.7 Å². The van der Waals surface area contributed by atoms with Crippen molar-refractivity contribution < 1.29 is 0 Å². The fourth-order valence-corrected chi connectivity index (χ4v) is 1.50. The van der Waals surface area contributed by atoms with Gasteiger partial charge in [0.25, 0.3) is 0 Å². The predicted octanol–water partition coefficient (Wildman–Crippen LogP) is 2.42. The summed E-state index contributed by atoms with van der Waals surface area (Å²) in [5.74, 6) is 0.787. The minimum atomic E-state index is 0.650. The number of nitrogens with zero attached hydrogens (tertiary/aromatic N) is 4. The van der Waals surface area contributed by atoms with Crippen LogP contribution in [0.4, 0.5) is 11.5 Å². The Morgan fingerprint density at radius 2 is 1.94 bits per heavy atom. The third-order valence-corrected chi connectivity index (χ3v) is 2.51. The smallest absolute Gasteiger partial charge is 0.155 e. The number of aryl methyl sites for hydroxylation is 1. The van der Waals surface area contributed by atoms with Gasteiger partial charge in [0.2, 0.25) is 0 Å². The minimum absolute atomic E-state index is 0.650. The van der Waals surface area contributed by atoms with Crippen molar-refractivity contribution in [3.05, 3.63) is 47.7 Å². The molecule has 0 unspecified atom stereocenters. The van der Waals surface area contributed by atoms with Gasteiger partial charge in [-0.2, -0.15) is 10.4 Å². The van der Waals surface area contributed by atoms with Crippen LogP contribution in [-0.2, 0) is 0 Å². The zero-order valence-corrected chi connectivity index (χ0v) is 9.75. The van der Waals surface area contributed by atoms with E-state index in [0.29, 0.717) is 5.56 Å². The van der Waals surface area contributed by atoms with Crippen molar-refractivity contribution in [2.75, 3.05) is 11.9 Å². The van der Waals surface area contributed by atoms with Gasteiger partial charge in [-0.3, -0.25) is 0 Å². The van der Waals surface area contributed by atoms with Crippen LogP contribution in [0.15, 0.2) is 36.5 Å². The second kappa shape index (κ2) is 4.62. The Labute approximate surface area is 100 Å². The third kappa shape index (κ3) is 2.40. The molecule has 1 heterocycles. The highest BCUT2D eigenvalue weighted by Crippen LogP contribution is 2.21. The Kier molecular flexibility index (Phi) is 3.01. The highest BCUT2D eigenvalue weighted by Gasteiger charge is 2.05. The molecule has 0 saturated carbocycles. The Morgan fingerprint density at radius 1 is 1.24 bits per heavy atom. The first-order chi connectivity index (χ1) is 8.20. The zero-order chi connectivity index (χ0) is 12.3. The molecule has 0 N–H and O–H groups in total. The summed E-state index contributed by atoms with van der Waals surface area (Å²) in [5.41, 5.74) is 2.69. The number of benzene rings is 1. The van der Waals surface area contributed by atoms with Crippen LogP contribution >= 0.6 is 0 Å². The second-order valence-electron chi connectivity index (χ2n) is 3.81. The zero-order valence-electron chi connectivity index (χ0n) is 9.75. The van der Waals surface area contributed by atoms with Crippen LogP contribution in [0.1, 0.15) is 11.1 Å². The van der Waals surface area contributed by atoms with E-state index in [0.717, 1.165) is 17.1 Å². The van der Waals surface area contributed by atoms with E-state index in [1.54, 1.807) is 18.3 Å². The summed E-state index contributed by atoms with van der Waals surface area (Å²) in [5, 5.41) is 16.7. The van der Waals surface area contributed by atoms with Gasteiger partial charge in [-0.05, 0) is 42.8 Å². The molecule has 4 nitrogen and oxygen atoms in total. The molecule has 0 atom stereocenters. The Hall–Kier alpha value is -2.41. The summed E-state index contributed by atoms with van der Waals surface area (Å²) in [6.07, 6.45) is 1.72. The molecule has 0 aliphatic rings. The molecule has 84 valence electrons. The predicted molar refractivity (Wildman–Crippen MR) is 66.0 cm³/mol. The first-order valence-corrected chi connectivity index (χ1v) is 5.24. The van der Waals surface area contributed by atoms with E-state index < -0.39 is 0 Å². The highest BCUT2D eigenvalue weighted by atomic mass is 15.2. The summed E-state index contributed by atoms with van der Waals surface area (Å²) in [6, 6.07) is 11.4. The van der Waals surface area contributed by atoms with Gasteiger partial charge in [0.15, 0.2) is 5.82 Å². The topological polar surface area (TPSA) is 52.8 Å². The lowest BCUT2D eigenvalue weighted by Crippen LogP contribution is -2.11. The van der Waals surface area contributed by atoms with Gasteiger partial charge in [-0.1, -0.05) is 0 Å². The van der Waals surface area contributed by atoms with Crippen LogP contribution in [0.2, 0.25) is 0 Å². The molecule has 0 aliphatic heterocycles. The lowest BCUT2D eigenvalue weighted by molar-refractivity contribution is 0.975. The average Bonchev–Trinajstić information content (AvgIpc) is 2.38. The van der Waals surface area contributed by atoms with E-state index in [1.807, 2.05) is 37.1 Å². The molecular formula is C13H12N4. The van der Waals surface area contributed by atoms with Crippen LogP contribution in [0.25, 0.3) is 0 Å². The maximum atomic E-state index is 8.73. The lowest BCUT2D eigenvalue weighted by atomic mass is 10.2. The molecule has 0 fully saturated rings. The van der Waals surface area contributed by atoms with E-state index in [4.69, 9.17) is 5.26 Å². The summed E-state index contributed by atoms with van der Waals surface area (Å²) in [6.45, 7) is 1.98. The third-order valence-electron chi connectivity index (χ3n) is 2.51. The number of hydrogen-bond acceptors (Lipinski definition) is 4. The largest absolute Gasteiger partial charge is 0.328 e. The van der Waals surface area contributed by atoms with Crippen molar-refractivity contribution in [1.29, 1.82) is 5.26 Å². The summed E-state index contributed by atoms with van der Waals surface area (Å²) >= 11 is 0. The molecule has 1 aromatic carbocycles. The summed E-state index contributed by atoms with van der Waals surface area (Å²) in [7, 11) is 1.92. The molecule has 1 aromatic heterocycles. The molecule has 0 saturated heterocycles. The fraction of sp³-hybridized carbons (Fsp3) is 0.154. The van der Waals surface area contributed by atoms with Gasteiger partial charge in [0.1, 0.15) is 0 Å². The van der Waals surface area contributed by atoms with Crippen LogP contribution in [0.5, 0.6) is 0 Å². The normalized spacial score (nSPS) is 9.71. The molecule has 2 aromatic rings. The minimum Gasteiger partial charge on any atom is -0.328 e. The number of rotatable bonds is 2. The molecule has 4 heteroatoms. The molecule has 0 spiro atoms. The number of hydrogen-bond donors (Lipinski definition) is 0. The van der Waals surface area contributed by atoms with Crippen molar-refractivity contribution >= 4 is 11.5 Å². The van der Waals surface area contributed by atoms with E-state index in [1.165, 1.54) is 0 Å². The molecule has 0 radical (unpaired) electrons. The van der Waals surface area contributed by atoms with Crippen molar-refractivity contribution in [2.24, 2.45) is 0 Å². The Balaban J connectivity index is 2.30. The molecule has 2 rings (SSSR count). The van der Waals surface area contributed by atoms with Crippen LogP contribution in [0.3, 0.4) is 0 Å². The molecule has 17 heavy (non-hydrogen) atoms. The first-order valence-electron chi connectivity index (χ1n) is 5.24. The monoisotopic (exact) mass is 224 g/mol. The van der Waals surface area contributed by atoms with Gasteiger partial charge < -0.3 is 4.90 Å². The maximum Gasteiger partial charge on any atom is 0.155 e. The van der Waals surface area contributed by atoms with Crippen molar-refractivity contribution in [3.63, 3.8) is 0 Å². The highest BCUT2D eigenvalue weighted by molar-refractivity contribution is 5.59. The second-order valence-corrected chi connectivity index (χ2v) is 3.81. The summed E-state index contributed by atoms with van der Waals surface area (Å²) < 4.78 is 0. The van der Waals surface area contributed by atoms with Gasteiger partial charge in [-0.15, -0.1) is 5.10 Å². The first kappa shape index (κ1) is 11.1. The summed E-state index contributed by atoms with van der Waals surface area (Å²) in [4.78, 5) is 1.93. The van der Waals surface area contributed by atoms with Gasteiger partial charge >= 0.3 is 0 Å². The van der Waals surface area contributed by atoms with E-state index in [2.05, 4.69) is 16.3 Å². The standard InChI is InChI=1S/C13H12N4/c1-10-7-13(16-15-9-10)17(2)12-5-3-11(8-14)4-6-12/h3-7,9H,1-2H3. The molecule has 0 aliphatic carbocycles. The molecule has 0 bridgehead atoms. The van der Waals surface area contributed by atoms with Gasteiger partial charge in [0.05, 0.1) is 17.8 Å². The molecule has 0 amide bonds. The Bertz CT molecular complexity index is 554. The van der Waals surface area contributed by atoms with E-state index in [-0.39, 0.29) is 0 Å². The van der Waals surface area contributed by atoms with Crippen LogP contribution in [0, 0.1) is 18.3 Å². The number of nitriles is 1. The van der Waals surface area contributed by atoms with Crippen LogP contribution < -0.4 is 4.90 Å². The van der Waals surface area contributed by atoms with E-state index >= 15 is 0 Å². The number of anilines is 2. The van der Waals surface area contributed by atoms with E-state index in [9.17, 15) is 0 Å². The lowest BCUT2D eigenvalue weighted by Gasteiger charge is -2.17. The van der Waals surface area contributed by atoms with Gasteiger partial charge in [-0.25, -0.2) is 0 Å². The van der Waals surface area contributed by atoms with Crippen molar-refractivity contribution in [3.8, 4) is 6.07 Å². The number of aromatic nitrogens is 2. The SMILES string of the molecule is Cc1cnnc(N(C)c2ccc(C#N)cc2)c1. The quantitative estimate of drug-likeness (QED) is 0.786. The van der Waals surface area contributed by atoms with Crippen molar-refractivity contribution in [2.45, 2.75) is 6.92 Å². The average molecular weight is 224 g/mol. The maximum absolute atomic E-state index is 8.73. The van der Waals surface area contributed by atoms with Crippen LogP contribution in [-0.4, -0.2) is 17.2 Å².